The molecule has 12 rings (SSSR count). The number of fused-ring (bicyclic) bond motifs is 12. The van der Waals surface area contributed by atoms with Gasteiger partial charge in [0.15, 0.2) is 0 Å². The highest BCUT2D eigenvalue weighted by molar-refractivity contribution is 6.24. The van der Waals surface area contributed by atoms with Crippen LogP contribution in [0.2, 0.25) is 0 Å². The van der Waals surface area contributed by atoms with Crippen LogP contribution in [0.1, 0.15) is 25.0 Å². The highest BCUT2D eigenvalue weighted by atomic mass is 15.0. The Bertz CT molecular complexity index is 3420. The minimum absolute atomic E-state index is 0.0482. The summed E-state index contributed by atoms with van der Waals surface area (Å²) in [5, 5.41) is 8.60. The quantitative estimate of drug-likeness (QED) is 0.164. The summed E-state index contributed by atoms with van der Waals surface area (Å²) in [6.45, 7) is 4.71. The molecule has 0 unspecified atom stereocenters. The molecule has 0 fully saturated rings. The predicted octanol–water partition coefficient (Wildman–Crippen LogP) is 14.9. The molecule has 2 nitrogen and oxygen atoms in total. The zero-order valence-electron chi connectivity index (χ0n) is 32.4. The van der Waals surface area contributed by atoms with Crippen molar-refractivity contribution in [1.29, 1.82) is 0 Å². The van der Waals surface area contributed by atoms with Crippen molar-refractivity contribution in [3.63, 3.8) is 0 Å². The van der Waals surface area contributed by atoms with Gasteiger partial charge in [-0.1, -0.05) is 166 Å². The molecule has 2 aromatic heterocycles. The molecule has 1 aliphatic rings. The highest BCUT2D eigenvalue weighted by Crippen LogP contribution is 2.50. The summed E-state index contributed by atoms with van der Waals surface area (Å²) in [4.78, 5) is 5.33. The zero-order chi connectivity index (χ0) is 38.5. The first-order valence-corrected chi connectivity index (χ1v) is 20.2. The summed E-state index contributed by atoms with van der Waals surface area (Å²) in [5.41, 5.74) is 17.0. The first-order chi connectivity index (χ1) is 28.5. The molecule has 58 heavy (non-hydrogen) atoms. The third kappa shape index (κ3) is 4.75. The van der Waals surface area contributed by atoms with Gasteiger partial charge in [0.25, 0.3) is 0 Å². The zero-order valence-corrected chi connectivity index (χ0v) is 32.4. The Kier molecular flexibility index (Phi) is 7.01. The van der Waals surface area contributed by atoms with Gasteiger partial charge in [0, 0.05) is 43.8 Å². The van der Waals surface area contributed by atoms with Crippen molar-refractivity contribution in [2.75, 3.05) is 0 Å². The Morgan fingerprint density at radius 3 is 1.74 bits per heavy atom. The maximum absolute atomic E-state index is 5.33. The van der Waals surface area contributed by atoms with Gasteiger partial charge in [0.05, 0.1) is 22.2 Å². The summed E-state index contributed by atoms with van der Waals surface area (Å²) < 4.78 is 2.44. The molecule has 0 spiro atoms. The molecular weight excluding hydrogens is 701 g/mol. The van der Waals surface area contributed by atoms with Crippen molar-refractivity contribution in [2.24, 2.45) is 0 Å². The summed E-state index contributed by atoms with van der Waals surface area (Å²) in [5.74, 6) is 0. The lowest BCUT2D eigenvalue weighted by atomic mass is 9.81. The molecule has 272 valence electrons. The smallest absolute Gasteiger partial charge is 0.0794 e. The highest BCUT2D eigenvalue weighted by Gasteiger charge is 2.35. The summed E-state index contributed by atoms with van der Waals surface area (Å²) in [6.07, 6.45) is 0. The maximum Gasteiger partial charge on any atom is 0.0794 e. The molecule has 0 saturated carbocycles. The Labute approximate surface area is 337 Å². The number of para-hydroxylation sites is 2. The van der Waals surface area contributed by atoms with Gasteiger partial charge in [0.2, 0.25) is 0 Å². The van der Waals surface area contributed by atoms with E-state index in [1.165, 1.54) is 93.2 Å². The normalized spacial score (nSPS) is 13.1. The van der Waals surface area contributed by atoms with Crippen molar-refractivity contribution in [3.8, 4) is 50.3 Å². The minimum atomic E-state index is -0.0482. The molecule has 0 N–H and O–H groups in total. The van der Waals surface area contributed by atoms with Gasteiger partial charge in [0.1, 0.15) is 0 Å². The van der Waals surface area contributed by atoms with Gasteiger partial charge in [-0.25, -0.2) is 4.98 Å². The number of hydrogen-bond donors (Lipinski definition) is 0. The van der Waals surface area contributed by atoms with Crippen LogP contribution in [0.5, 0.6) is 0 Å². The van der Waals surface area contributed by atoms with E-state index in [0.717, 1.165) is 22.5 Å². The van der Waals surface area contributed by atoms with Crippen molar-refractivity contribution < 1.29 is 0 Å². The monoisotopic (exact) mass is 738 g/mol. The van der Waals surface area contributed by atoms with Gasteiger partial charge in [-0.3, -0.25) is 0 Å². The number of benzene rings is 9. The number of aromatic nitrogens is 2. The molecule has 9 aromatic carbocycles. The predicted molar refractivity (Wildman–Crippen MR) is 245 cm³/mol. The number of hydrogen-bond acceptors (Lipinski definition) is 1. The van der Waals surface area contributed by atoms with Crippen molar-refractivity contribution in [3.05, 3.63) is 205 Å². The van der Waals surface area contributed by atoms with Crippen LogP contribution >= 0.6 is 0 Å². The molecule has 11 aromatic rings. The lowest BCUT2D eigenvalue weighted by Crippen LogP contribution is -2.14. The van der Waals surface area contributed by atoms with E-state index in [4.69, 9.17) is 4.98 Å². The SMILES string of the molecule is CC1(C)c2ccccc2-c2ccc(-c3ccc4c(c3)c3cccc(-c5ccc(-c6ccc7c8ccccc8c8ccccc8c7n6)cc5)c3n4-c3ccccc3)cc21. The van der Waals surface area contributed by atoms with E-state index in [-0.39, 0.29) is 5.41 Å². The number of rotatable bonds is 4. The van der Waals surface area contributed by atoms with E-state index in [2.05, 4.69) is 213 Å². The van der Waals surface area contributed by atoms with Crippen LogP contribution in [0.15, 0.2) is 194 Å². The van der Waals surface area contributed by atoms with Crippen LogP contribution in [-0.4, -0.2) is 9.55 Å². The van der Waals surface area contributed by atoms with Crippen LogP contribution in [0.4, 0.5) is 0 Å². The first-order valence-electron chi connectivity index (χ1n) is 20.2. The van der Waals surface area contributed by atoms with E-state index < -0.39 is 0 Å². The third-order valence-corrected chi connectivity index (χ3v) is 12.8. The topological polar surface area (TPSA) is 17.8 Å². The maximum atomic E-state index is 5.33. The van der Waals surface area contributed by atoms with Crippen molar-refractivity contribution >= 4 is 54.3 Å². The van der Waals surface area contributed by atoms with Gasteiger partial charge in [-0.05, 0) is 97.6 Å². The lowest BCUT2D eigenvalue weighted by Gasteiger charge is -2.22. The average molecular weight is 739 g/mol. The fourth-order valence-corrected chi connectivity index (χ4v) is 9.95. The second-order valence-electron chi connectivity index (χ2n) is 16.3. The molecule has 0 aliphatic heterocycles. The molecule has 0 bridgehead atoms. The Balaban J connectivity index is 0.992. The van der Waals surface area contributed by atoms with Crippen LogP contribution in [0.3, 0.4) is 0 Å². The molecule has 0 atom stereocenters. The molecule has 0 saturated heterocycles. The van der Waals surface area contributed by atoms with Gasteiger partial charge < -0.3 is 4.57 Å². The average Bonchev–Trinajstić information content (AvgIpc) is 3.74. The second kappa shape index (κ2) is 12.4. The molecule has 0 radical (unpaired) electrons. The van der Waals surface area contributed by atoms with Gasteiger partial charge >= 0.3 is 0 Å². The molecule has 1 aliphatic carbocycles. The largest absolute Gasteiger partial charge is 0.309 e. The van der Waals surface area contributed by atoms with E-state index in [1.807, 2.05) is 0 Å². The van der Waals surface area contributed by atoms with Gasteiger partial charge in [-0.15, -0.1) is 0 Å². The van der Waals surface area contributed by atoms with E-state index in [0.29, 0.717) is 0 Å². The summed E-state index contributed by atoms with van der Waals surface area (Å²) >= 11 is 0. The standard InChI is InChI=1S/C56H38N2/c1-56(2)50-22-11-10-18-44(50)45-29-27-38(34-51(45)56)37-28-32-53-49(33-37)48-21-12-20-40(55(48)58(53)39-13-4-3-5-14-39)35-23-25-36(26-24-35)52-31-30-47-43-17-7-6-15-41(43)42-16-8-9-19-46(42)54(47)57-52/h3-34H,1-2H3. The summed E-state index contributed by atoms with van der Waals surface area (Å²) in [6, 6.07) is 71.2. The lowest BCUT2D eigenvalue weighted by molar-refractivity contribution is 0.660. The van der Waals surface area contributed by atoms with Crippen LogP contribution in [-0.2, 0) is 5.41 Å². The van der Waals surface area contributed by atoms with Crippen LogP contribution in [0.25, 0.3) is 105 Å². The van der Waals surface area contributed by atoms with Gasteiger partial charge in [-0.2, -0.15) is 0 Å². The minimum Gasteiger partial charge on any atom is -0.309 e. The molecule has 2 heteroatoms. The fraction of sp³-hybridized carbons (Fsp3) is 0.0536. The van der Waals surface area contributed by atoms with Crippen molar-refractivity contribution in [2.45, 2.75) is 19.3 Å². The Hall–Kier alpha value is -7.29. The van der Waals surface area contributed by atoms with Crippen LogP contribution in [0, 0.1) is 0 Å². The van der Waals surface area contributed by atoms with E-state index in [1.54, 1.807) is 0 Å². The molecular formula is C56H38N2. The first kappa shape index (κ1) is 32.9. The van der Waals surface area contributed by atoms with Crippen LogP contribution < -0.4 is 0 Å². The third-order valence-electron chi connectivity index (χ3n) is 12.8. The number of nitrogens with zero attached hydrogens (tertiary/aromatic N) is 2. The van der Waals surface area contributed by atoms with Crippen molar-refractivity contribution in [1.82, 2.24) is 9.55 Å². The molecule has 0 amide bonds. The Morgan fingerprint density at radius 2 is 0.948 bits per heavy atom. The number of pyridine rings is 1. The second-order valence-corrected chi connectivity index (χ2v) is 16.3. The summed E-state index contributed by atoms with van der Waals surface area (Å²) in [7, 11) is 0. The van der Waals surface area contributed by atoms with E-state index in [9.17, 15) is 0 Å². The van der Waals surface area contributed by atoms with E-state index >= 15 is 0 Å². The Morgan fingerprint density at radius 1 is 0.379 bits per heavy atom. The molecule has 2 heterocycles. The fourth-order valence-electron chi connectivity index (χ4n) is 9.95.